The van der Waals surface area contributed by atoms with Gasteiger partial charge in [0.15, 0.2) is 5.96 Å². The van der Waals surface area contributed by atoms with Crippen molar-refractivity contribution in [2.24, 2.45) is 4.99 Å². The van der Waals surface area contributed by atoms with Crippen molar-refractivity contribution in [3.05, 3.63) is 0 Å². The van der Waals surface area contributed by atoms with Gasteiger partial charge in [0.25, 0.3) is 0 Å². The lowest BCUT2D eigenvalue weighted by Gasteiger charge is -2.15. The zero-order valence-corrected chi connectivity index (χ0v) is 19.3. The van der Waals surface area contributed by atoms with E-state index in [1.54, 1.807) is 0 Å². The van der Waals surface area contributed by atoms with Crippen LogP contribution in [0.2, 0.25) is 0 Å². The first kappa shape index (κ1) is 25.9. The molecule has 1 aliphatic rings. The number of nitrogens with one attached hydrogen (secondary N) is 2. The molecule has 1 fully saturated rings. The summed E-state index contributed by atoms with van der Waals surface area (Å²) in [6, 6.07) is 0. The lowest BCUT2D eigenvalue weighted by Crippen LogP contribution is -2.39. The van der Waals surface area contributed by atoms with Crippen LogP contribution in [0.25, 0.3) is 0 Å². The van der Waals surface area contributed by atoms with Gasteiger partial charge in [0.2, 0.25) is 0 Å². The zero-order valence-electron chi connectivity index (χ0n) is 16.2. The molecule has 2 N–H and O–H groups in total. The predicted molar refractivity (Wildman–Crippen MR) is 117 cm³/mol. The fraction of sp³-hybridized carbons (Fsp3) is 0.941. The van der Waals surface area contributed by atoms with Gasteiger partial charge < -0.3 is 20.1 Å². The summed E-state index contributed by atoms with van der Waals surface area (Å²) in [6.07, 6.45) is 9.17. The number of rotatable bonds is 11. The number of guanidine groups is 1. The van der Waals surface area contributed by atoms with E-state index in [0.717, 1.165) is 12.5 Å². The maximum Gasteiger partial charge on any atom is 0.191 e. The summed E-state index contributed by atoms with van der Waals surface area (Å²) >= 11 is 0. The van der Waals surface area contributed by atoms with Gasteiger partial charge in [-0.25, -0.2) is 8.42 Å². The van der Waals surface area contributed by atoms with Crippen LogP contribution in [0.4, 0.5) is 0 Å². The van der Waals surface area contributed by atoms with Gasteiger partial charge in [0.1, 0.15) is 9.84 Å². The molecule has 1 saturated carbocycles. The predicted octanol–water partition coefficient (Wildman–Crippen LogP) is 1.96. The molecule has 0 aliphatic heterocycles. The molecular weight excluding hydrogens is 469 g/mol. The topological polar surface area (TPSA) is 89.0 Å². The number of aliphatic imine (C=N–C) groups is 1. The number of ether oxygens (including phenoxy) is 2. The fourth-order valence-corrected chi connectivity index (χ4v) is 3.10. The van der Waals surface area contributed by atoms with Crippen LogP contribution >= 0.6 is 24.0 Å². The van der Waals surface area contributed by atoms with E-state index in [1.807, 2.05) is 6.92 Å². The molecule has 0 atom stereocenters. The third kappa shape index (κ3) is 15.0. The second kappa shape index (κ2) is 15.9. The van der Waals surface area contributed by atoms with Crippen molar-refractivity contribution in [3.63, 3.8) is 0 Å². The summed E-state index contributed by atoms with van der Waals surface area (Å²) in [6.45, 7) is 5.32. The number of hydrogen-bond acceptors (Lipinski definition) is 5. The van der Waals surface area contributed by atoms with Crippen LogP contribution < -0.4 is 10.6 Å². The Balaban J connectivity index is 0.00000625. The molecule has 26 heavy (non-hydrogen) atoms. The number of nitrogens with zero attached hydrogens (tertiary/aromatic N) is 1. The molecule has 0 aromatic heterocycles. The van der Waals surface area contributed by atoms with Crippen LogP contribution in [0.15, 0.2) is 4.99 Å². The zero-order chi connectivity index (χ0) is 18.4. The Labute approximate surface area is 176 Å². The minimum absolute atomic E-state index is 0. The van der Waals surface area contributed by atoms with E-state index < -0.39 is 9.84 Å². The van der Waals surface area contributed by atoms with E-state index in [4.69, 9.17) is 9.47 Å². The molecule has 156 valence electrons. The highest BCUT2D eigenvalue weighted by atomic mass is 127. The van der Waals surface area contributed by atoms with Gasteiger partial charge in [0, 0.05) is 19.3 Å². The van der Waals surface area contributed by atoms with Crippen LogP contribution in [0.3, 0.4) is 0 Å². The first-order valence-electron chi connectivity index (χ1n) is 9.40. The van der Waals surface area contributed by atoms with E-state index in [-0.39, 0.29) is 36.3 Å². The first-order valence-corrected chi connectivity index (χ1v) is 11.5. The van der Waals surface area contributed by atoms with E-state index in [2.05, 4.69) is 15.6 Å². The molecule has 7 nitrogen and oxygen atoms in total. The lowest BCUT2D eigenvalue weighted by atomic mass is 10.1. The number of halogens is 1. The van der Waals surface area contributed by atoms with Crippen LogP contribution in [-0.2, 0) is 19.3 Å². The van der Waals surface area contributed by atoms with Gasteiger partial charge in [-0.3, -0.25) is 4.99 Å². The number of hydrogen-bond donors (Lipinski definition) is 2. The molecule has 1 aliphatic carbocycles. The third-order valence-corrected chi connectivity index (χ3v) is 4.91. The van der Waals surface area contributed by atoms with Gasteiger partial charge in [-0.2, -0.15) is 0 Å². The molecule has 0 spiro atoms. The van der Waals surface area contributed by atoms with Crippen molar-refractivity contribution in [2.75, 3.05) is 51.5 Å². The van der Waals surface area contributed by atoms with Crippen molar-refractivity contribution >= 4 is 39.8 Å². The Hall–Kier alpha value is -0.130. The summed E-state index contributed by atoms with van der Waals surface area (Å²) in [5.41, 5.74) is 0. The molecule has 0 unspecified atom stereocenters. The summed E-state index contributed by atoms with van der Waals surface area (Å²) in [7, 11) is -2.96. The summed E-state index contributed by atoms with van der Waals surface area (Å²) in [5.74, 6) is 0.790. The van der Waals surface area contributed by atoms with Crippen molar-refractivity contribution in [3.8, 4) is 0 Å². The molecule has 0 bridgehead atoms. The maximum absolute atomic E-state index is 11.0. The second-order valence-electron chi connectivity index (χ2n) is 6.41. The van der Waals surface area contributed by atoms with Gasteiger partial charge in [-0.1, -0.05) is 25.7 Å². The van der Waals surface area contributed by atoms with Crippen LogP contribution in [-0.4, -0.2) is 71.9 Å². The van der Waals surface area contributed by atoms with Gasteiger partial charge in [-0.05, 0) is 19.8 Å². The lowest BCUT2D eigenvalue weighted by molar-refractivity contribution is 0.0487. The van der Waals surface area contributed by atoms with Crippen molar-refractivity contribution in [1.29, 1.82) is 0 Å². The molecule has 0 amide bonds. The Morgan fingerprint density at radius 1 is 1.08 bits per heavy atom. The van der Waals surface area contributed by atoms with E-state index in [9.17, 15) is 8.42 Å². The standard InChI is InChI=1S/C17H35N3O4S.HI/c1-3-18-17(19-10-12-23-14-15-25(2,21)22)20-11-13-24-16-8-6-4-5-7-9-16;/h16H,3-15H2,1-2H3,(H2,18,19,20);1H. The second-order valence-corrected chi connectivity index (χ2v) is 8.67. The Morgan fingerprint density at radius 2 is 1.77 bits per heavy atom. The van der Waals surface area contributed by atoms with Crippen molar-refractivity contribution < 1.29 is 17.9 Å². The molecule has 0 aromatic rings. The first-order chi connectivity index (χ1) is 12.0. The molecule has 9 heteroatoms. The SMILES string of the molecule is CCNC(=NCCOC1CCCCCC1)NCCOCCS(C)(=O)=O.I. The van der Waals surface area contributed by atoms with Gasteiger partial charge in [-0.15, -0.1) is 24.0 Å². The third-order valence-electron chi connectivity index (χ3n) is 4.00. The molecule has 0 heterocycles. The van der Waals surface area contributed by atoms with E-state index in [0.29, 0.717) is 32.4 Å². The van der Waals surface area contributed by atoms with Gasteiger partial charge in [0.05, 0.1) is 38.2 Å². The normalized spacial score (nSPS) is 16.6. The Kier molecular flexibility index (Phi) is 15.8. The van der Waals surface area contributed by atoms with Crippen LogP contribution in [0.1, 0.15) is 45.4 Å². The average Bonchev–Trinajstić information content (AvgIpc) is 2.82. The van der Waals surface area contributed by atoms with Crippen molar-refractivity contribution in [1.82, 2.24) is 10.6 Å². The molecule has 0 aromatic carbocycles. The molecule has 0 radical (unpaired) electrons. The molecule has 0 saturated heterocycles. The highest BCUT2D eigenvalue weighted by Crippen LogP contribution is 2.19. The smallest absolute Gasteiger partial charge is 0.191 e. The van der Waals surface area contributed by atoms with Crippen LogP contribution in [0, 0.1) is 0 Å². The summed E-state index contributed by atoms with van der Waals surface area (Å²) < 4.78 is 33.2. The van der Waals surface area contributed by atoms with Crippen molar-refractivity contribution in [2.45, 2.75) is 51.6 Å². The monoisotopic (exact) mass is 505 g/mol. The fourth-order valence-electron chi connectivity index (χ4n) is 2.68. The van der Waals surface area contributed by atoms with Crippen LogP contribution in [0.5, 0.6) is 0 Å². The summed E-state index contributed by atoms with van der Waals surface area (Å²) in [5, 5.41) is 6.35. The number of sulfone groups is 1. The minimum atomic E-state index is -2.96. The quantitative estimate of drug-likeness (QED) is 0.147. The maximum atomic E-state index is 11.0. The van der Waals surface area contributed by atoms with E-state index in [1.165, 1.54) is 44.8 Å². The largest absolute Gasteiger partial charge is 0.379 e. The minimum Gasteiger partial charge on any atom is -0.379 e. The molecule has 1 rings (SSSR count). The van der Waals surface area contributed by atoms with Gasteiger partial charge >= 0.3 is 0 Å². The van der Waals surface area contributed by atoms with E-state index >= 15 is 0 Å². The summed E-state index contributed by atoms with van der Waals surface area (Å²) in [4.78, 5) is 4.50. The highest BCUT2D eigenvalue weighted by molar-refractivity contribution is 14.0. The Morgan fingerprint density at radius 3 is 2.38 bits per heavy atom. The Bertz CT molecular complexity index is 467. The average molecular weight is 505 g/mol. The highest BCUT2D eigenvalue weighted by Gasteiger charge is 2.11. The molecular formula is C17H36IN3O4S.